The number of hydrogen-bond acceptors (Lipinski definition) is 2. The van der Waals surface area contributed by atoms with Crippen LogP contribution in [0.25, 0.3) is 11.1 Å². The van der Waals surface area contributed by atoms with Crippen LogP contribution in [-0.4, -0.2) is 24.4 Å². The number of likely N-dealkylation sites (tertiary alicyclic amines) is 1. The molecule has 0 spiro atoms. The molecule has 0 bridgehead atoms. The molecular formula is C17H21NO2. The number of fused-ring (bicyclic) bond motifs is 1. The maximum absolute atomic E-state index is 10.9. The highest BCUT2D eigenvalue weighted by atomic mass is 16.3. The summed E-state index contributed by atoms with van der Waals surface area (Å²) in [7, 11) is 0. The number of rotatable bonds is 2. The van der Waals surface area contributed by atoms with Gasteiger partial charge in [0, 0.05) is 18.7 Å². The lowest BCUT2D eigenvalue weighted by atomic mass is 9.85. The van der Waals surface area contributed by atoms with Crippen LogP contribution in [0.1, 0.15) is 41.0 Å². The van der Waals surface area contributed by atoms with Crippen molar-refractivity contribution in [3.8, 4) is 11.1 Å². The van der Waals surface area contributed by atoms with E-state index >= 15 is 0 Å². The molecule has 1 saturated heterocycles. The van der Waals surface area contributed by atoms with Crippen LogP contribution in [0.4, 0.5) is 0 Å². The maximum Gasteiger partial charge on any atom is 0.209 e. The van der Waals surface area contributed by atoms with Crippen molar-refractivity contribution in [3.05, 3.63) is 34.8 Å². The van der Waals surface area contributed by atoms with Gasteiger partial charge < -0.3 is 9.32 Å². The molecule has 0 aromatic heterocycles. The largest absolute Gasteiger partial charge is 0.472 e. The van der Waals surface area contributed by atoms with Gasteiger partial charge in [-0.05, 0) is 67.3 Å². The number of carbonyl (C=O) groups is 1. The molecule has 0 N–H and O–H groups in total. The lowest BCUT2D eigenvalue weighted by Gasteiger charge is -2.30. The summed E-state index contributed by atoms with van der Waals surface area (Å²) in [6.45, 7) is 8.26. The van der Waals surface area contributed by atoms with Gasteiger partial charge in [0.1, 0.15) is 0 Å². The number of hydrogen-bond donors (Lipinski definition) is 0. The molecule has 3 nitrogen and oxygen atoms in total. The zero-order valence-electron chi connectivity index (χ0n) is 12.4. The average Bonchev–Trinajstić information content (AvgIpc) is 2.73. The van der Waals surface area contributed by atoms with Crippen LogP contribution in [0, 0.1) is 20.8 Å². The van der Waals surface area contributed by atoms with Crippen molar-refractivity contribution in [2.45, 2.75) is 39.5 Å². The van der Waals surface area contributed by atoms with Crippen molar-refractivity contribution in [1.82, 2.24) is 4.90 Å². The van der Waals surface area contributed by atoms with Crippen molar-refractivity contribution in [2.24, 2.45) is 0 Å². The Kier molecular flexibility index (Phi) is 3.28. The summed E-state index contributed by atoms with van der Waals surface area (Å²) >= 11 is 0. The Morgan fingerprint density at radius 2 is 1.85 bits per heavy atom. The molecule has 3 aliphatic rings. The van der Waals surface area contributed by atoms with Crippen molar-refractivity contribution in [2.75, 3.05) is 13.1 Å². The highest BCUT2D eigenvalue weighted by Crippen LogP contribution is 2.44. The second kappa shape index (κ2) is 4.97. The fourth-order valence-electron chi connectivity index (χ4n) is 3.56. The summed E-state index contributed by atoms with van der Waals surface area (Å²) in [5.41, 5.74) is 8.04. The fourth-order valence-corrected chi connectivity index (χ4v) is 3.56. The quantitative estimate of drug-likeness (QED) is 0.781. The van der Waals surface area contributed by atoms with Gasteiger partial charge in [-0.3, -0.25) is 4.79 Å². The average molecular weight is 271 g/mol. The summed E-state index contributed by atoms with van der Waals surface area (Å²) in [5, 5.41) is 0. The zero-order valence-corrected chi connectivity index (χ0v) is 12.4. The molecule has 106 valence electrons. The number of aryl methyl sites for hydroxylation is 1. The van der Waals surface area contributed by atoms with E-state index in [9.17, 15) is 4.79 Å². The summed E-state index contributed by atoms with van der Waals surface area (Å²) < 4.78 is 5.44. The van der Waals surface area contributed by atoms with E-state index in [1.165, 1.54) is 33.4 Å². The highest BCUT2D eigenvalue weighted by Gasteiger charge is 2.28. The van der Waals surface area contributed by atoms with Crippen LogP contribution in [0.5, 0.6) is 0 Å². The molecule has 0 atom stereocenters. The minimum atomic E-state index is 0.559. The van der Waals surface area contributed by atoms with Gasteiger partial charge in [-0.2, -0.15) is 0 Å². The maximum atomic E-state index is 10.9. The molecule has 3 rings (SSSR count). The van der Waals surface area contributed by atoms with Crippen LogP contribution in [0.15, 0.2) is 16.9 Å². The highest BCUT2D eigenvalue weighted by molar-refractivity contribution is 5.80. The van der Waals surface area contributed by atoms with Gasteiger partial charge in [0.25, 0.3) is 0 Å². The molecule has 1 amide bonds. The molecule has 0 aromatic carbocycles. The van der Waals surface area contributed by atoms with E-state index in [0.717, 1.165) is 32.3 Å². The molecule has 0 saturated carbocycles. The number of nitrogens with zero attached hydrogens (tertiary/aromatic N) is 1. The minimum absolute atomic E-state index is 0.559. The molecule has 2 aliphatic heterocycles. The summed E-state index contributed by atoms with van der Waals surface area (Å²) in [6.07, 6.45) is 6.80. The third kappa shape index (κ3) is 1.92. The first kappa shape index (κ1) is 13.2. The van der Waals surface area contributed by atoms with E-state index in [2.05, 4.69) is 20.8 Å². The van der Waals surface area contributed by atoms with Crippen molar-refractivity contribution < 1.29 is 9.21 Å². The molecule has 1 aliphatic carbocycles. The summed E-state index contributed by atoms with van der Waals surface area (Å²) in [4.78, 5) is 12.7. The second-order valence-electron chi connectivity index (χ2n) is 5.92. The molecule has 2 heterocycles. The molecule has 0 radical (unpaired) electrons. The first-order valence-electron chi connectivity index (χ1n) is 7.28. The third-order valence-electron chi connectivity index (χ3n) is 4.82. The van der Waals surface area contributed by atoms with Crippen LogP contribution in [-0.2, 0) is 4.79 Å². The Bertz CT molecular complexity index is 606. The second-order valence-corrected chi connectivity index (χ2v) is 5.92. The Morgan fingerprint density at radius 1 is 1.15 bits per heavy atom. The number of carbonyl (C=O) groups excluding carboxylic acids is 1. The van der Waals surface area contributed by atoms with Gasteiger partial charge in [0.05, 0.1) is 12.5 Å². The van der Waals surface area contributed by atoms with Gasteiger partial charge in [-0.25, -0.2) is 0 Å². The topological polar surface area (TPSA) is 33.5 Å². The van der Waals surface area contributed by atoms with Crippen molar-refractivity contribution in [1.29, 1.82) is 0 Å². The first-order valence-corrected chi connectivity index (χ1v) is 7.28. The monoisotopic (exact) mass is 271 g/mol. The van der Waals surface area contributed by atoms with E-state index in [1.54, 1.807) is 0 Å². The molecule has 0 unspecified atom stereocenters. The predicted molar refractivity (Wildman–Crippen MR) is 79.2 cm³/mol. The molecule has 20 heavy (non-hydrogen) atoms. The molecular weight excluding hydrogens is 250 g/mol. The van der Waals surface area contributed by atoms with Gasteiger partial charge in [0.15, 0.2) is 0 Å². The minimum Gasteiger partial charge on any atom is -0.472 e. The Labute approximate surface area is 119 Å². The van der Waals surface area contributed by atoms with E-state index in [0.29, 0.717) is 5.92 Å². The fraction of sp³-hybridized carbons (Fsp3) is 0.471. The van der Waals surface area contributed by atoms with Crippen LogP contribution in [0.2, 0.25) is 0 Å². The predicted octanol–water partition coefficient (Wildman–Crippen LogP) is 3.65. The Hall–Kier alpha value is -1.77. The third-order valence-corrected chi connectivity index (χ3v) is 4.82. The Balaban J connectivity index is 2.04. The zero-order chi connectivity index (χ0) is 14.3. The molecule has 1 fully saturated rings. The Morgan fingerprint density at radius 3 is 2.50 bits per heavy atom. The normalized spacial score (nSPS) is 16.9. The lowest BCUT2D eigenvalue weighted by Crippen LogP contribution is -2.31. The standard InChI is InChI=1S/C17H21NO2/c1-11-8-20-9-15-12(2)13(3)17(16(11)15)14-4-6-18(10-19)7-5-14/h8-10,14H,4-7H2,1-3H3. The van der Waals surface area contributed by atoms with Gasteiger partial charge in [-0.1, -0.05) is 0 Å². The van der Waals surface area contributed by atoms with E-state index < -0.39 is 0 Å². The van der Waals surface area contributed by atoms with E-state index in [-0.39, 0.29) is 0 Å². The summed E-state index contributed by atoms with van der Waals surface area (Å²) in [6, 6.07) is 0. The van der Waals surface area contributed by atoms with Crippen molar-refractivity contribution in [3.63, 3.8) is 0 Å². The number of piperidine rings is 1. The number of amides is 1. The van der Waals surface area contributed by atoms with Gasteiger partial charge >= 0.3 is 0 Å². The van der Waals surface area contributed by atoms with Crippen LogP contribution >= 0.6 is 0 Å². The molecule has 3 heteroatoms. The van der Waals surface area contributed by atoms with Gasteiger partial charge in [0.2, 0.25) is 6.41 Å². The van der Waals surface area contributed by atoms with Crippen molar-refractivity contribution >= 4 is 6.41 Å². The van der Waals surface area contributed by atoms with E-state index in [4.69, 9.17) is 4.42 Å². The first-order chi connectivity index (χ1) is 9.63. The summed E-state index contributed by atoms with van der Waals surface area (Å²) in [5.74, 6) is 0.559. The van der Waals surface area contributed by atoms with Crippen LogP contribution in [0.3, 0.4) is 0 Å². The van der Waals surface area contributed by atoms with E-state index in [1.807, 2.05) is 17.4 Å². The van der Waals surface area contributed by atoms with Crippen LogP contribution < -0.4 is 0 Å². The molecule has 0 aromatic rings. The SMILES string of the molecule is Cc1cocc2c(C)c(C)c(C3CCN(C=O)CC3)c1-2. The van der Waals surface area contributed by atoms with Gasteiger partial charge in [-0.15, -0.1) is 0 Å². The smallest absolute Gasteiger partial charge is 0.209 e. The lowest BCUT2D eigenvalue weighted by molar-refractivity contribution is -0.119.